The number of halogens is 3. The van der Waals surface area contributed by atoms with Gasteiger partial charge in [-0.2, -0.15) is 18.3 Å². The van der Waals surface area contributed by atoms with Gasteiger partial charge in [0, 0.05) is 11.3 Å². The molecule has 1 aromatic carbocycles. The zero-order chi connectivity index (χ0) is 13.3. The second-order valence-corrected chi connectivity index (χ2v) is 4.44. The Morgan fingerprint density at radius 2 is 1.89 bits per heavy atom. The minimum atomic E-state index is -4.33. The fourth-order valence-corrected chi connectivity index (χ4v) is 1.64. The molecule has 1 aromatic heterocycles. The van der Waals surface area contributed by atoms with E-state index in [1.807, 2.05) is 13.8 Å². The summed E-state index contributed by atoms with van der Waals surface area (Å²) in [5.41, 5.74) is 1.24. The normalized spacial score (nSPS) is 12.1. The van der Waals surface area contributed by atoms with Gasteiger partial charge in [0.15, 0.2) is 0 Å². The number of nitrogens with one attached hydrogen (secondary N) is 1. The van der Waals surface area contributed by atoms with Crippen molar-refractivity contribution < 1.29 is 13.2 Å². The van der Waals surface area contributed by atoms with Gasteiger partial charge in [-0.05, 0) is 24.1 Å². The summed E-state index contributed by atoms with van der Waals surface area (Å²) < 4.78 is 37.8. The summed E-state index contributed by atoms with van der Waals surface area (Å²) in [7, 11) is 0. The number of aromatic nitrogens is 2. The molecule has 2 nitrogen and oxygen atoms in total. The van der Waals surface area contributed by atoms with Crippen molar-refractivity contribution in [2.24, 2.45) is 0 Å². The molecule has 0 bridgehead atoms. The number of hydrogen-bond acceptors (Lipinski definition) is 1. The molecule has 2 rings (SSSR count). The highest BCUT2D eigenvalue weighted by atomic mass is 19.4. The van der Waals surface area contributed by atoms with Gasteiger partial charge in [-0.15, -0.1) is 0 Å². The maximum atomic E-state index is 12.6. The molecule has 0 aliphatic rings. The van der Waals surface area contributed by atoms with E-state index in [1.165, 1.54) is 6.07 Å². The lowest BCUT2D eigenvalue weighted by molar-refractivity contribution is -0.137. The summed E-state index contributed by atoms with van der Waals surface area (Å²) in [6, 6.07) is 6.96. The van der Waals surface area contributed by atoms with E-state index in [9.17, 15) is 13.2 Å². The minimum Gasteiger partial charge on any atom is -0.282 e. The molecule has 0 unspecified atom stereocenters. The first kappa shape index (κ1) is 12.7. The fourth-order valence-electron chi connectivity index (χ4n) is 1.64. The summed E-state index contributed by atoms with van der Waals surface area (Å²) in [5.74, 6) is 0.261. The van der Waals surface area contributed by atoms with Crippen LogP contribution < -0.4 is 0 Å². The SMILES string of the molecule is CC(C)c1cc(-c2cccc(C(F)(F)F)c2)n[nH]1. The summed E-state index contributed by atoms with van der Waals surface area (Å²) in [5, 5.41) is 6.87. The summed E-state index contributed by atoms with van der Waals surface area (Å²) in [6.07, 6.45) is -4.33. The van der Waals surface area contributed by atoms with E-state index in [4.69, 9.17) is 0 Å². The summed E-state index contributed by atoms with van der Waals surface area (Å²) >= 11 is 0. The van der Waals surface area contributed by atoms with Crippen molar-refractivity contribution in [3.05, 3.63) is 41.6 Å². The van der Waals surface area contributed by atoms with Crippen LogP contribution in [0.15, 0.2) is 30.3 Å². The Morgan fingerprint density at radius 1 is 1.17 bits per heavy atom. The minimum absolute atomic E-state index is 0.261. The Balaban J connectivity index is 2.38. The van der Waals surface area contributed by atoms with Gasteiger partial charge in [-0.25, -0.2) is 0 Å². The van der Waals surface area contributed by atoms with Crippen LogP contribution in [0.2, 0.25) is 0 Å². The first-order chi connectivity index (χ1) is 8.38. The Bertz CT molecular complexity index is 541. The second kappa shape index (κ2) is 4.48. The van der Waals surface area contributed by atoms with E-state index in [2.05, 4.69) is 10.2 Å². The third-order valence-electron chi connectivity index (χ3n) is 2.71. The van der Waals surface area contributed by atoms with Crippen molar-refractivity contribution in [2.75, 3.05) is 0 Å². The standard InChI is InChI=1S/C13H13F3N2/c1-8(2)11-7-12(18-17-11)9-4-3-5-10(6-9)13(14,15)16/h3-8H,1-2H3,(H,17,18). The first-order valence-electron chi connectivity index (χ1n) is 5.61. The second-order valence-electron chi connectivity index (χ2n) is 4.44. The molecule has 0 saturated heterocycles. The number of hydrogen-bond donors (Lipinski definition) is 1. The Kier molecular flexibility index (Phi) is 3.15. The zero-order valence-corrected chi connectivity index (χ0v) is 10.0. The van der Waals surface area contributed by atoms with Crippen LogP contribution in [0.4, 0.5) is 13.2 Å². The van der Waals surface area contributed by atoms with Crippen molar-refractivity contribution in [1.29, 1.82) is 0 Å². The molecule has 1 heterocycles. The van der Waals surface area contributed by atoms with Crippen LogP contribution in [0.25, 0.3) is 11.3 Å². The molecule has 0 aliphatic carbocycles. The van der Waals surface area contributed by atoms with Crippen LogP contribution in [-0.2, 0) is 6.18 Å². The van der Waals surface area contributed by atoms with Crippen LogP contribution in [0, 0.1) is 0 Å². The smallest absolute Gasteiger partial charge is 0.282 e. The fraction of sp³-hybridized carbons (Fsp3) is 0.308. The van der Waals surface area contributed by atoms with Gasteiger partial charge in [0.2, 0.25) is 0 Å². The average Bonchev–Trinajstić information content (AvgIpc) is 2.77. The molecule has 96 valence electrons. The molecule has 1 N–H and O–H groups in total. The van der Waals surface area contributed by atoms with E-state index >= 15 is 0 Å². The van der Waals surface area contributed by atoms with Crippen molar-refractivity contribution in [2.45, 2.75) is 25.9 Å². The van der Waals surface area contributed by atoms with Crippen molar-refractivity contribution in [1.82, 2.24) is 10.2 Å². The van der Waals surface area contributed by atoms with Crippen LogP contribution in [0.3, 0.4) is 0 Å². The lowest BCUT2D eigenvalue weighted by atomic mass is 10.1. The third-order valence-corrected chi connectivity index (χ3v) is 2.71. The molecular weight excluding hydrogens is 241 g/mol. The maximum Gasteiger partial charge on any atom is 0.416 e. The van der Waals surface area contributed by atoms with Crippen LogP contribution >= 0.6 is 0 Å². The zero-order valence-electron chi connectivity index (χ0n) is 10.0. The maximum absolute atomic E-state index is 12.6. The third kappa shape index (κ3) is 2.55. The van der Waals surface area contributed by atoms with Gasteiger partial charge < -0.3 is 0 Å². The Morgan fingerprint density at radius 3 is 2.44 bits per heavy atom. The molecule has 2 aromatic rings. The van der Waals surface area contributed by atoms with E-state index in [0.29, 0.717) is 11.3 Å². The number of rotatable bonds is 2. The number of alkyl halides is 3. The number of nitrogens with zero attached hydrogens (tertiary/aromatic N) is 1. The van der Waals surface area contributed by atoms with Crippen molar-refractivity contribution in [3.8, 4) is 11.3 Å². The van der Waals surface area contributed by atoms with Gasteiger partial charge in [0.05, 0.1) is 11.3 Å². The van der Waals surface area contributed by atoms with Gasteiger partial charge in [-0.1, -0.05) is 26.0 Å². The van der Waals surface area contributed by atoms with E-state index in [1.54, 1.807) is 12.1 Å². The molecule has 0 aliphatic heterocycles. The van der Waals surface area contributed by atoms with Crippen LogP contribution in [-0.4, -0.2) is 10.2 Å². The molecular formula is C13H13F3N2. The Hall–Kier alpha value is -1.78. The molecule has 0 saturated carbocycles. The van der Waals surface area contributed by atoms with Crippen LogP contribution in [0.1, 0.15) is 31.0 Å². The van der Waals surface area contributed by atoms with Gasteiger partial charge in [0.1, 0.15) is 0 Å². The molecule has 0 radical (unpaired) electrons. The van der Waals surface area contributed by atoms with E-state index < -0.39 is 11.7 Å². The number of aromatic amines is 1. The highest BCUT2D eigenvalue weighted by molar-refractivity contribution is 5.60. The van der Waals surface area contributed by atoms with Crippen molar-refractivity contribution in [3.63, 3.8) is 0 Å². The van der Waals surface area contributed by atoms with Crippen molar-refractivity contribution >= 4 is 0 Å². The number of benzene rings is 1. The predicted octanol–water partition coefficient (Wildman–Crippen LogP) is 4.22. The highest BCUT2D eigenvalue weighted by Gasteiger charge is 2.30. The predicted molar refractivity (Wildman–Crippen MR) is 63.1 cm³/mol. The molecule has 5 heteroatoms. The van der Waals surface area contributed by atoms with E-state index in [-0.39, 0.29) is 5.92 Å². The molecule has 18 heavy (non-hydrogen) atoms. The highest BCUT2D eigenvalue weighted by Crippen LogP contribution is 2.32. The average molecular weight is 254 g/mol. The quantitative estimate of drug-likeness (QED) is 0.854. The van der Waals surface area contributed by atoms with Gasteiger partial charge in [-0.3, -0.25) is 5.10 Å². The Labute approximate surface area is 103 Å². The molecule has 0 fully saturated rings. The molecule has 0 amide bonds. The lowest BCUT2D eigenvalue weighted by Gasteiger charge is -2.07. The summed E-state index contributed by atoms with van der Waals surface area (Å²) in [6.45, 7) is 3.98. The molecule has 0 spiro atoms. The largest absolute Gasteiger partial charge is 0.416 e. The first-order valence-corrected chi connectivity index (χ1v) is 5.61. The number of H-pyrrole nitrogens is 1. The monoisotopic (exact) mass is 254 g/mol. The van der Waals surface area contributed by atoms with E-state index in [0.717, 1.165) is 17.8 Å². The lowest BCUT2D eigenvalue weighted by Crippen LogP contribution is -2.04. The van der Waals surface area contributed by atoms with Gasteiger partial charge in [0.25, 0.3) is 0 Å². The molecule has 0 atom stereocenters. The van der Waals surface area contributed by atoms with Gasteiger partial charge >= 0.3 is 6.18 Å². The topological polar surface area (TPSA) is 28.7 Å². The van der Waals surface area contributed by atoms with Crippen LogP contribution in [0.5, 0.6) is 0 Å². The summed E-state index contributed by atoms with van der Waals surface area (Å²) in [4.78, 5) is 0.